The molecule has 1 aromatic rings. The molecule has 0 radical (unpaired) electrons. The number of carbonyl (C=O) groups is 1. The van der Waals surface area contributed by atoms with E-state index in [4.69, 9.17) is 5.11 Å². The Balaban J connectivity index is 3.18. The van der Waals surface area contributed by atoms with Crippen molar-refractivity contribution >= 4 is 43.7 Å². The van der Waals surface area contributed by atoms with E-state index in [-0.39, 0.29) is 21.8 Å². The zero-order valence-corrected chi connectivity index (χ0v) is 15.4. The van der Waals surface area contributed by atoms with Gasteiger partial charge in [0.25, 0.3) is 0 Å². The summed E-state index contributed by atoms with van der Waals surface area (Å²) in [5.41, 5.74) is 0.458. The van der Waals surface area contributed by atoms with Gasteiger partial charge in [0.1, 0.15) is 0 Å². The van der Waals surface area contributed by atoms with Gasteiger partial charge >= 0.3 is 5.97 Å². The van der Waals surface area contributed by atoms with Crippen molar-refractivity contribution < 1.29 is 18.3 Å². The van der Waals surface area contributed by atoms with Gasteiger partial charge in [0.2, 0.25) is 10.0 Å². The van der Waals surface area contributed by atoms with Crippen molar-refractivity contribution in [1.82, 2.24) is 4.72 Å². The summed E-state index contributed by atoms with van der Waals surface area (Å²) in [4.78, 5) is 11.1. The molecule has 0 bridgehead atoms. The molecule has 0 aromatic heterocycles. The zero-order chi connectivity index (χ0) is 16.4. The second-order valence-corrected chi connectivity index (χ2v) is 9.31. The second kappa shape index (κ2) is 6.68. The minimum atomic E-state index is -3.76. The molecule has 21 heavy (non-hydrogen) atoms. The van der Waals surface area contributed by atoms with Gasteiger partial charge < -0.3 is 5.11 Å². The predicted molar refractivity (Wildman–Crippen MR) is 88.6 cm³/mol. The normalized spacial score (nSPS) is 12.4. The van der Waals surface area contributed by atoms with Crippen LogP contribution in [-0.2, 0) is 10.0 Å². The lowest BCUT2D eigenvalue weighted by Crippen LogP contribution is -2.36. The Morgan fingerprint density at radius 3 is 2.48 bits per heavy atom. The molecule has 0 saturated heterocycles. The third kappa shape index (κ3) is 4.70. The topological polar surface area (TPSA) is 83.5 Å². The van der Waals surface area contributed by atoms with Crippen LogP contribution in [0, 0.1) is 6.92 Å². The van der Waals surface area contributed by atoms with E-state index in [9.17, 15) is 13.2 Å². The highest BCUT2D eigenvalue weighted by atomic mass is 79.9. The standard InChI is InChI=1S/C13H18BrNO4S2/c1-8-10(12(16)17)5-9(6-11(8)14)21(18,19)15-7-13(2,3)20-4/h5-6,15H,7H2,1-4H3,(H,16,17). The first-order valence-electron chi connectivity index (χ1n) is 6.08. The van der Waals surface area contributed by atoms with Crippen LogP contribution in [0.3, 0.4) is 0 Å². The van der Waals surface area contributed by atoms with Crippen LogP contribution in [0.5, 0.6) is 0 Å². The number of sulfonamides is 1. The molecule has 0 aliphatic rings. The first kappa shape index (κ1) is 18.5. The van der Waals surface area contributed by atoms with Crippen LogP contribution in [0.1, 0.15) is 29.8 Å². The highest BCUT2D eigenvalue weighted by Gasteiger charge is 2.23. The molecule has 0 spiro atoms. The van der Waals surface area contributed by atoms with Crippen LogP contribution in [0.25, 0.3) is 0 Å². The Hall–Kier alpha value is -0.570. The fourth-order valence-corrected chi connectivity index (χ4v) is 3.64. The highest BCUT2D eigenvalue weighted by molar-refractivity contribution is 9.10. The van der Waals surface area contributed by atoms with Crippen molar-refractivity contribution in [2.24, 2.45) is 0 Å². The second-order valence-electron chi connectivity index (χ2n) is 5.17. The highest BCUT2D eigenvalue weighted by Crippen LogP contribution is 2.26. The summed E-state index contributed by atoms with van der Waals surface area (Å²) in [7, 11) is -3.76. The molecule has 0 atom stereocenters. The van der Waals surface area contributed by atoms with E-state index in [1.165, 1.54) is 12.1 Å². The summed E-state index contributed by atoms with van der Waals surface area (Å²) in [6, 6.07) is 2.59. The third-order valence-electron chi connectivity index (χ3n) is 3.10. The lowest BCUT2D eigenvalue weighted by molar-refractivity contribution is 0.0695. The molecule has 0 aliphatic heterocycles. The number of rotatable bonds is 6. The van der Waals surface area contributed by atoms with Crippen molar-refractivity contribution in [3.8, 4) is 0 Å². The van der Waals surface area contributed by atoms with E-state index < -0.39 is 16.0 Å². The average molecular weight is 396 g/mol. The smallest absolute Gasteiger partial charge is 0.336 e. The van der Waals surface area contributed by atoms with Crippen LogP contribution in [-0.4, -0.2) is 37.0 Å². The van der Waals surface area contributed by atoms with Gasteiger partial charge in [-0.15, -0.1) is 0 Å². The zero-order valence-electron chi connectivity index (χ0n) is 12.2. The van der Waals surface area contributed by atoms with E-state index in [0.717, 1.165) is 0 Å². The van der Waals surface area contributed by atoms with Gasteiger partial charge in [0, 0.05) is 15.8 Å². The molecular weight excluding hydrogens is 378 g/mol. The molecule has 1 rings (SSSR count). The molecule has 0 aliphatic carbocycles. The number of nitrogens with one attached hydrogen (secondary N) is 1. The Morgan fingerprint density at radius 2 is 2.00 bits per heavy atom. The van der Waals surface area contributed by atoms with Gasteiger partial charge in [-0.1, -0.05) is 15.9 Å². The van der Waals surface area contributed by atoms with Crippen LogP contribution >= 0.6 is 27.7 Å². The minimum Gasteiger partial charge on any atom is -0.478 e. The Kier molecular flexibility index (Phi) is 5.88. The number of hydrogen-bond donors (Lipinski definition) is 2. The first-order chi connectivity index (χ1) is 9.50. The molecule has 5 nitrogen and oxygen atoms in total. The van der Waals surface area contributed by atoms with Gasteiger partial charge in [-0.25, -0.2) is 17.9 Å². The molecule has 0 unspecified atom stereocenters. The fourth-order valence-electron chi connectivity index (χ4n) is 1.46. The van der Waals surface area contributed by atoms with E-state index in [2.05, 4.69) is 20.7 Å². The number of benzene rings is 1. The van der Waals surface area contributed by atoms with Gasteiger partial charge in [-0.2, -0.15) is 11.8 Å². The maximum absolute atomic E-state index is 12.3. The number of hydrogen-bond acceptors (Lipinski definition) is 4. The molecule has 1 aromatic carbocycles. The molecule has 0 fully saturated rings. The van der Waals surface area contributed by atoms with Crippen molar-refractivity contribution in [3.63, 3.8) is 0 Å². The summed E-state index contributed by atoms with van der Waals surface area (Å²) in [6.07, 6.45) is 1.90. The number of carboxylic acids is 1. The Morgan fingerprint density at radius 1 is 1.43 bits per heavy atom. The van der Waals surface area contributed by atoms with Crippen molar-refractivity contribution in [2.75, 3.05) is 12.8 Å². The molecule has 118 valence electrons. The van der Waals surface area contributed by atoms with Crippen LogP contribution < -0.4 is 4.72 Å². The largest absolute Gasteiger partial charge is 0.478 e. The lowest BCUT2D eigenvalue weighted by atomic mass is 10.1. The lowest BCUT2D eigenvalue weighted by Gasteiger charge is -2.22. The molecule has 8 heteroatoms. The number of thioether (sulfide) groups is 1. The summed E-state index contributed by atoms with van der Waals surface area (Å²) in [6.45, 7) is 5.72. The molecule has 2 N–H and O–H groups in total. The van der Waals surface area contributed by atoms with Crippen molar-refractivity contribution in [2.45, 2.75) is 30.4 Å². The summed E-state index contributed by atoms with van der Waals surface area (Å²) in [5, 5.41) is 9.14. The maximum Gasteiger partial charge on any atom is 0.336 e. The quantitative estimate of drug-likeness (QED) is 0.773. The minimum absolute atomic E-state index is 0.0334. The van der Waals surface area contributed by atoms with Crippen LogP contribution in [0.2, 0.25) is 0 Å². The third-order valence-corrected chi connectivity index (χ3v) is 6.55. The summed E-state index contributed by atoms with van der Waals surface area (Å²) < 4.78 is 27.3. The number of carboxylic acid groups (broad SMARTS) is 1. The number of aromatic carboxylic acids is 1. The monoisotopic (exact) mass is 395 g/mol. The molecule has 0 amide bonds. The van der Waals surface area contributed by atoms with Crippen molar-refractivity contribution in [3.05, 3.63) is 27.7 Å². The van der Waals surface area contributed by atoms with Gasteiger partial charge in [0.05, 0.1) is 10.5 Å². The SMILES string of the molecule is CSC(C)(C)CNS(=O)(=O)c1cc(Br)c(C)c(C(=O)O)c1. The maximum atomic E-state index is 12.3. The van der Waals surface area contributed by atoms with E-state index in [1.54, 1.807) is 18.7 Å². The van der Waals surface area contributed by atoms with E-state index in [0.29, 0.717) is 10.0 Å². The molecular formula is C13H18BrNO4S2. The average Bonchev–Trinajstić information content (AvgIpc) is 2.39. The fraction of sp³-hybridized carbons (Fsp3) is 0.462. The van der Waals surface area contributed by atoms with Gasteiger partial charge in [0.15, 0.2) is 0 Å². The number of halogens is 1. The summed E-state index contributed by atoms with van der Waals surface area (Å²) >= 11 is 4.75. The molecule has 0 saturated carbocycles. The predicted octanol–water partition coefficient (Wildman–Crippen LogP) is 2.88. The van der Waals surface area contributed by atoms with Crippen molar-refractivity contribution in [1.29, 1.82) is 0 Å². The van der Waals surface area contributed by atoms with E-state index in [1.807, 2.05) is 20.1 Å². The van der Waals surface area contributed by atoms with Crippen LogP contribution in [0.4, 0.5) is 0 Å². The van der Waals surface area contributed by atoms with Gasteiger partial charge in [-0.3, -0.25) is 0 Å². The summed E-state index contributed by atoms with van der Waals surface area (Å²) in [5.74, 6) is -1.16. The van der Waals surface area contributed by atoms with Crippen LogP contribution in [0.15, 0.2) is 21.5 Å². The van der Waals surface area contributed by atoms with E-state index >= 15 is 0 Å². The Bertz CT molecular complexity index is 656. The molecule has 0 heterocycles. The Labute approximate surface area is 137 Å². The van der Waals surface area contributed by atoms with Gasteiger partial charge in [-0.05, 0) is 44.7 Å². The first-order valence-corrected chi connectivity index (χ1v) is 9.58.